The van der Waals surface area contributed by atoms with Crippen molar-refractivity contribution in [3.63, 3.8) is 0 Å². The zero-order valence-electron chi connectivity index (χ0n) is 13.4. The molecule has 25 heavy (non-hydrogen) atoms. The molecule has 0 bridgehead atoms. The first-order valence-electron chi connectivity index (χ1n) is 7.68. The molecule has 8 heteroatoms. The van der Waals surface area contributed by atoms with Crippen LogP contribution < -0.4 is 5.32 Å². The molecular formula is C17H15Cl2N3O2S. The maximum Gasteiger partial charge on any atom is 0.231 e. The Balaban J connectivity index is 1.71. The Hall–Kier alpha value is -1.89. The minimum atomic E-state index is 0.0217. The standard InChI is InChI=1S/C17H15Cl2N3O2S/c1-2-15(23)20-9-10-6-7-14(25-10)17-21-16(24-22-17)8-11-12(18)4-3-5-13(11)19/h3-7H,2,8-9H2,1H3,(H,20,23). The normalized spacial score (nSPS) is 10.8. The Labute approximate surface area is 159 Å². The van der Waals surface area contributed by atoms with Crippen molar-refractivity contribution in [2.24, 2.45) is 0 Å². The van der Waals surface area contributed by atoms with Crippen molar-refractivity contribution in [2.75, 3.05) is 0 Å². The van der Waals surface area contributed by atoms with Crippen LogP contribution in [0, 0.1) is 0 Å². The minimum Gasteiger partial charge on any atom is -0.351 e. The second kappa shape index (κ2) is 7.99. The monoisotopic (exact) mass is 395 g/mol. The van der Waals surface area contributed by atoms with Gasteiger partial charge in [-0.05, 0) is 29.8 Å². The van der Waals surface area contributed by atoms with Gasteiger partial charge in [-0.25, -0.2) is 0 Å². The van der Waals surface area contributed by atoms with E-state index in [-0.39, 0.29) is 5.91 Å². The molecule has 3 aromatic rings. The summed E-state index contributed by atoms with van der Waals surface area (Å²) < 4.78 is 5.32. The predicted octanol–water partition coefficient (Wildman–Crippen LogP) is 4.72. The first kappa shape index (κ1) is 17.9. The fraction of sp³-hybridized carbons (Fsp3) is 0.235. The lowest BCUT2D eigenvalue weighted by Crippen LogP contribution is -2.20. The van der Waals surface area contributed by atoms with E-state index in [0.29, 0.717) is 41.1 Å². The number of carbonyl (C=O) groups is 1. The maximum absolute atomic E-state index is 11.3. The molecule has 0 radical (unpaired) electrons. The van der Waals surface area contributed by atoms with Crippen LogP contribution in [-0.2, 0) is 17.8 Å². The van der Waals surface area contributed by atoms with Crippen LogP contribution in [0.25, 0.3) is 10.7 Å². The Morgan fingerprint density at radius 3 is 2.72 bits per heavy atom. The van der Waals surface area contributed by atoms with Crippen LogP contribution in [0.5, 0.6) is 0 Å². The SMILES string of the molecule is CCC(=O)NCc1ccc(-c2noc(Cc3c(Cl)cccc3Cl)n2)s1. The van der Waals surface area contributed by atoms with Gasteiger partial charge in [0, 0.05) is 21.3 Å². The predicted molar refractivity (Wildman–Crippen MR) is 99.0 cm³/mol. The number of rotatable bonds is 6. The fourth-order valence-electron chi connectivity index (χ4n) is 2.18. The number of thiophene rings is 1. The number of carbonyl (C=O) groups excluding carboxylic acids is 1. The number of nitrogens with one attached hydrogen (secondary N) is 1. The van der Waals surface area contributed by atoms with Crippen LogP contribution in [0.15, 0.2) is 34.9 Å². The Morgan fingerprint density at radius 1 is 1.24 bits per heavy atom. The van der Waals surface area contributed by atoms with Crippen LogP contribution in [0.2, 0.25) is 10.0 Å². The van der Waals surface area contributed by atoms with E-state index in [9.17, 15) is 4.79 Å². The highest BCUT2D eigenvalue weighted by molar-refractivity contribution is 7.15. The molecule has 0 spiro atoms. The van der Waals surface area contributed by atoms with Crippen molar-refractivity contribution in [3.05, 3.63) is 56.7 Å². The van der Waals surface area contributed by atoms with E-state index in [0.717, 1.165) is 15.3 Å². The van der Waals surface area contributed by atoms with Gasteiger partial charge in [0.25, 0.3) is 0 Å². The number of benzene rings is 1. The summed E-state index contributed by atoms with van der Waals surface area (Å²) in [4.78, 5) is 17.6. The molecule has 0 saturated carbocycles. The third-order valence-electron chi connectivity index (χ3n) is 3.52. The molecular weight excluding hydrogens is 381 g/mol. The summed E-state index contributed by atoms with van der Waals surface area (Å²) in [7, 11) is 0. The Bertz CT molecular complexity index is 871. The van der Waals surface area contributed by atoms with Crippen molar-refractivity contribution < 1.29 is 9.32 Å². The van der Waals surface area contributed by atoms with Gasteiger partial charge in [0.05, 0.1) is 17.8 Å². The van der Waals surface area contributed by atoms with E-state index >= 15 is 0 Å². The number of nitrogens with zero attached hydrogens (tertiary/aromatic N) is 2. The van der Waals surface area contributed by atoms with E-state index in [1.165, 1.54) is 11.3 Å². The molecule has 0 atom stereocenters. The van der Waals surface area contributed by atoms with Crippen LogP contribution in [0.4, 0.5) is 0 Å². The summed E-state index contributed by atoms with van der Waals surface area (Å²) in [5, 5.41) is 7.99. The highest BCUT2D eigenvalue weighted by atomic mass is 35.5. The molecule has 2 heterocycles. The van der Waals surface area contributed by atoms with E-state index in [1.54, 1.807) is 18.2 Å². The lowest BCUT2D eigenvalue weighted by atomic mass is 10.1. The summed E-state index contributed by atoms with van der Waals surface area (Å²) >= 11 is 13.9. The molecule has 1 aromatic carbocycles. The van der Waals surface area contributed by atoms with E-state index in [1.807, 2.05) is 19.1 Å². The van der Waals surface area contributed by atoms with E-state index < -0.39 is 0 Å². The van der Waals surface area contributed by atoms with Crippen LogP contribution in [0.3, 0.4) is 0 Å². The third-order valence-corrected chi connectivity index (χ3v) is 5.31. The first-order valence-corrected chi connectivity index (χ1v) is 9.25. The minimum absolute atomic E-state index is 0.0217. The maximum atomic E-state index is 11.3. The van der Waals surface area contributed by atoms with E-state index in [2.05, 4.69) is 15.5 Å². The first-order chi connectivity index (χ1) is 12.1. The van der Waals surface area contributed by atoms with Crippen LogP contribution in [-0.4, -0.2) is 16.0 Å². The summed E-state index contributed by atoms with van der Waals surface area (Å²) in [5.41, 5.74) is 0.759. The van der Waals surface area contributed by atoms with Gasteiger partial charge in [-0.1, -0.05) is 41.3 Å². The smallest absolute Gasteiger partial charge is 0.231 e. The molecule has 1 N–H and O–H groups in total. The lowest BCUT2D eigenvalue weighted by Gasteiger charge is -2.02. The van der Waals surface area contributed by atoms with Crippen molar-refractivity contribution in [1.29, 1.82) is 0 Å². The van der Waals surface area contributed by atoms with Gasteiger partial charge in [0.15, 0.2) is 0 Å². The highest BCUT2D eigenvalue weighted by Crippen LogP contribution is 2.29. The number of hydrogen-bond acceptors (Lipinski definition) is 5. The van der Waals surface area contributed by atoms with Crippen molar-refractivity contribution in [3.8, 4) is 10.7 Å². The molecule has 3 rings (SSSR count). The number of aromatic nitrogens is 2. The fourth-order valence-corrected chi connectivity index (χ4v) is 3.59. The summed E-state index contributed by atoms with van der Waals surface area (Å²) in [6.45, 7) is 2.32. The third kappa shape index (κ3) is 4.39. The van der Waals surface area contributed by atoms with Gasteiger partial charge < -0.3 is 9.84 Å². The largest absolute Gasteiger partial charge is 0.351 e. The Kier molecular flexibility index (Phi) is 5.73. The number of amides is 1. The van der Waals surface area contributed by atoms with Gasteiger partial charge in [-0.3, -0.25) is 4.79 Å². The Morgan fingerprint density at radius 2 is 2.00 bits per heavy atom. The second-order valence-electron chi connectivity index (χ2n) is 5.28. The van der Waals surface area contributed by atoms with Crippen molar-refractivity contribution in [2.45, 2.75) is 26.3 Å². The van der Waals surface area contributed by atoms with Gasteiger partial charge in [0.2, 0.25) is 17.6 Å². The van der Waals surface area contributed by atoms with Crippen LogP contribution in [0.1, 0.15) is 29.7 Å². The molecule has 130 valence electrons. The van der Waals surface area contributed by atoms with E-state index in [4.69, 9.17) is 27.7 Å². The highest BCUT2D eigenvalue weighted by Gasteiger charge is 2.14. The quantitative estimate of drug-likeness (QED) is 0.655. The summed E-state index contributed by atoms with van der Waals surface area (Å²) in [5.74, 6) is 0.976. The molecule has 0 aliphatic heterocycles. The molecule has 0 unspecified atom stereocenters. The van der Waals surface area contributed by atoms with Gasteiger partial charge in [-0.2, -0.15) is 4.98 Å². The summed E-state index contributed by atoms with van der Waals surface area (Å²) in [6, 6.07) is 9.19. The summed E-state index contributed by atoms with van der Waals surface area (Å²) in [6.07, 6.45) is 0.841. The molecule has 0 saturated heterocycles. The number of halogens is 2. The molecule has 0 fully saturated rings. The van der Waals surface area contributed by atoms with Crippen molar-refractivity contribution >= 4 is 40.4 Å². The van der Waals surface area contributed by atoms with Gasteiger partial charge in [0.1, 0.15) is 0 Å². The zero-order valence-corrected chi connectivity index (χ0v) is 15.7. The van der Waals surface area contributed by atoms with Crippen LogP contribution >= 0.6 is 34.5 Å². The average molecular weight is 396 g/mol. The average Bonchev–Trinajstić information content (AvgIpc) is 3.25. The zero-order chi connectivity index (χ0) is 17.8. The molecule has 5 nitrogen and oxygen atoms in total. The molecule has 0 aliphatic rings. The molecule has 0 aliphatic carbocycles. The molecule has 2 aromatic heterocycles. The molecule has 1 amide bonds. The van der Waals surface area contributed by atoms with Gasteiger partial charge >= 0.3 is 0 Å². The lowest BCUT2D eigenvalue weighted by molar-refractivity contribution is -0.120. The topological polar surface area (TPSA) is 68.0 Å². The van der Waals surface area contributed by atoms with Gasteiger partial charge in [-0.15, -0.1) is 11.3 Å². The van der Waals surface area contributed by atoms with Crippen molar-refractivity contribution in [1.82, 2.24) is 15.5 Å². The second-order valence-corrected chi connectivity index (χ2v) is 7.27. The number of hydrogen-bond donors (Lipinski definition) is 1.